The van der Waals surface area contributed by atoms with E-state index in [1.165, 1.54) is 12.1 Å². The first-order chi connectivity index (χ1) is 9.49. The van der Waals surface area contributed by atoms with Crippen LogP contribution in [0.1, 0.15) is 21.5 Å². The third-order valence-corrected chi connectivity index (χ3v) is 2.83. The molecule has 2 N–H and O–H groups in total. The van der Waals surface area contributed by atoms with Crippen LogP contribution in [0.4, 0.5) is 4.39 Å². The maximum absolute atomic E-state index is 13.7. The summed E-state index contributed by atoms with van der Waals surface area (Å²) in [6, 6.07) is 8.69. The Morgan fingerprint density at radius 3 is 2.65 bits per heavy atom. The number of aromatic hydroxyl groups is 1. The van der Waals surface area contributed by atoms with Crippen molar-refractivity contribution in [2.45, 2.75) is 13.5 Å². The second kappa shape index (κ2) is 5.61. The van der Waals surface area contributed by atoms with Gasteiger partial charge in [-0.25, -0.2) is 9.18 Å². The first-order valence-electron chi connectivity index (χ1n) is 5.92. The fourth-order valence-corrected chi connectivity index (χ4v) is 1.90. The molecule has 0 bridgehead atoms. The minimum Gasteiger partial charge on any atom is -0.508 e. The molecule has 2 rings (SSSR count). The first kappa shape index (κ1) is 13.9. The van der Waals surface area contributed by atoms with Crippen LogP contribution in [-0.4, -0.2) is 16.2 Å². The zero-order valence-corrected chi connectivity index (χ0v) is 10.8. The molecule has 0 aliphatic heterocycles. The number of benzene rings is 2. The molecule has 0 spiro atoms. The Morgan fingerprint density at radius 2 is 2.00 bits per heavy atom. The third kappa shape index (κ3) is 2.88. The van der Waals surface area contributed by atoms with Crippen LogP contribution in [0.15, 0.2) is 36.4 Å². The molecule has 0 aliphatic carbocycles. The maximum atomic E-state index is 13.7. The number of ether oxygens (including phenoxy) is 1. The van der Waals surface area contributed by atoms with E-state index < -0.39 is 11.8 Å². The second-order valence-corrected chi connectivity index (χ2v) is 4.32. The molecule has 0 atom stereocenters. The fraction of sp³-hybridized carbons (Fsp3) is 0.133. The number of aryl methyl sites for hydroxylation is 1. The Hall–Kier alpha value is -2.56. The maximum Gasteiger partial charge on any atom is 0.336 e. The minimum absolute atomic E-state index is 0.00277. The summed E-state index contributed by atoms with van der Waals surface area (Å²) in [5, 5.41) is 18.3. The van der Waals surface area contributed by atoms with Crippen LogP contribution in [0.2, 0.25) is 0 Å². The highest BCUT2D eigenvalue weighted by Crippen LogP contribution is 2.27. The summed E-state index contributed by atoms with van der Waals surface area (Å²) in [5.41, 5.74) is 1.01. The number of phenolic OH excluding ortho intramolecular Hbond substituents is 1. The van der Waals surface area contributed by atoms with E-state index in [0.29, 0.717) is 11.1 Å². The van der Waals surface area contributed by atoms with Gasteiger partial charge in [0.15, 0.2) is 11.6 Å². The predicted molar refractivity (Wildman–Crippen MR) is 70.5 cm³/mol. The van der Waals surface area contributed by atoms with E-state index >= 15 is 0 Å². The zero-order chi connectivity index (χ0) is 14.7. The van der Waals surface area contributed by atoms with Crippen LogP contribution in [0.3, 0.4) is 0 Å². The number of halogens is 1. The highest BCUT2D eigenvalue weighted by Gasteiger charge is 2.13. The zero-order valence-electron chi connectivity index (χ0n) is 10.8. The molecule has 0 unspecified atom stereocenters. The van der Waals surface area contributed by atoms with Gasteiger partial charge in [0.05, 0.1) is 5.56 Å². The molecule has 4 nitrogen and oxygen atoms in total. The Morgan fingerprint density at radius 1 is 1.30 bits per heavy atom. The van der Waals surface area contributed by atoms with Crippen molar-refractivity contribution in [1.82, 2.24) is 0 Å². The minimum atomic E-state index is -1.06. The summed E-state index contributed by atoms with van der Waals surface area (Å²) in [4.78, 5) is 11.0. The lowest BCUT2D eigenvalue weighted by atomic mass is 10.1. The van der Waals surface area contributed by atoms with E-state index in [2.05, 4.69) is 0 Å². The third-order valence-electron chi connectivity index (χ3n) is 2.83. The van der Waals surface area contributed by atoms with Gasteiger partial charge in [0, 0.05) is 11.6 Å². The Balaban J connectivity index is 2.24. The first-order valence-corrected chi connectivity index (χ1v) is 5.92. The molecule has 5 heteroatoms. The lowest BCUT2D eigenvalue weighted by Gasteiger charge is -2.12. The molecule has 0 aliphatic rings. The molecule has 0 heterocycles. The number of hydrogen-bond acceptors (Lipinski definition) is 3. The van der Waals surface area contributed by atoms with Gasteiger partial charge in [-0.15, -0.1) is 0 Å². The van der Waals surface area contributed by atoms with E-state index in [1.807, 2.05) is 0 Å². The van der Waals surface area contributed by atoms with E-state index in [9.17, 15) is 14.3 Å². The molecular formula is C15H13FO4. The van der Waals surface area contributed by atoms with Crippen molar-refractivity contribution in [3.63, 3.8) is 0 Å². The number of aromatic carboxylic acids is 1. The van der Waals surface area contributed by atoms with Crippen LogP contribution in [0, 0.1) is 12.7 Å². The van der Waals surface area contributed by atoms with Crippen LogP contribution in [0.5, 0.6) is 11.5 Å². The van der Waals surface area contributed by atoms with Gasteiger partial charge in [-0.05, 0) is 24.6 Å². The molecule has 0 fully saturated rings. The van der Waals surface area contributed by atoms with Gasteiger partial charge in [0.1, 0.15) is 12.4 Å². The van der Waals surface area contributed by atoms with Crippen LogP contribution in [0.25, 0.3) is 0 Å². The number of phenols is 1. The van der Waals surface area contributed by atoms with Crippen molar-refractivity contribution in [3.05, 3.63) is 58.9 Å². The van der Waals surface area contributed by atoms with Gasteiger partial charge in [-0.3, -0.25) is 0 Å². The number of hydrogen-bond donors (Lipinski definition) is 2. The van der Waals surface area contributed by atoms with Crippen molar-refractivity contribution < 1.29 is 24.1 Å². The summed E-state index contributed by atoms with van der Waals surface area (Å²) >= 11 is 0. The summed E-state index contributed by atoms with van der Waals surface area (Å²) in [6.45, 7) is 1.53. The summed E-state index contributed by atoms with van der Waals surface area (Å²) in [5.74, 6) is -1.93. The SMILES string of the molecule is Cc1cc(O)cc(F)c1OCc1ccccc1C(=O)O. The van der Waals surface area contributed by atoms with E-state index in [1.54, 1.807) is 25.1 Å². The molecule has 0 radical (unpaired) electrons. The van der Waals surface area contributed by atoms with Gasteiger partial charge in [0.2, 0.25) is 0 Å². The monoisotopic (exact) mass is 276 g/mol. The lowest BCUT2D eigenvalue weighted by molar-refractivity contribution is 0.0694. The van der Waals surface area contributed by atoms with Gasteiger partial charge in [-0.1, -0.05) is 18.2 Å². The number of carboxylic acids is 1. The van der Waals surface area contributed by atoms with Crippen molar-refractivity contribution >= 4 is 5.97 Å². The Bertz CT molecular complexity index is 629. The second-order valence-electron chi connectivity index (χ2n) is 4.32. The highest BCUT2D eigenvalue weighted by atomic mass is 19.1. The van der Waals surface area contributed by atoms with Crippen LogP contribution < -0.4 is 4.74 Å². The van der Waals surface area contributed by atoms with Crippen molar-refractivity contribution in [2.24, 2.45) is 0 Å². The Labute approximate surface area is 115 Å². The molecule has 2 aromatic rings. The van der Waals surface area contributed by atoms with E-state index in [4.69, 9.17) is 9.84 Å². The lowest BCUT2D eigenvalue weighted by Crippen LogP contribution is -2.06. The summed E-state index contributed by atoms with van der Waals surface area (Å²) in [6.07, 6.45) is 0. The summed E-state index contributed by atoms with van der Waals surface area (Å²) in [7, 11) is 0. The van der Waals surface area contributed by atoms with Crippen LogP contribution in [-0.2, 0) is 6.61 Å². The molecule has 20 heavy (non-hydrogen) atoms. The number of carboxylic acid groups (broad SMARTS) is 1. The summed E-state index contributed by atoms with van der Waals surface area (Å²) < 4.78 is 19.0. The van der Waals surface area contributed by atoms with Crippen molar-refractivity contribution in [2.75, 3.05) is 0 Å². The predicted octanol–water partition coefficient (Wildman–Crippen LogP) is 3.12. The van der Waals surface area contributed by atoms with E-state index in [-0.39, 0.29) is 23.7 Å². The van der Waals surface area contributed by atoms with Gasteiger partial charge < -0.3 is 14.9 Å². The van der Waals surface area contributed by atoms with Crippen LogP contribution >= 0.6 is 0 Å². The average Bonchev–Trinajstić information content (AvgIpc) is 2.37. The quantitative estimate of drug-likeness (QED) is 0.900. The number of carbonyl (C=O) groups is 1. The molecule has 0 aromatic heterocycles. The molecule has 2 aromatic carbocycles. The number of rotatable bonds is 4. The molecule has 104 valence electrons. The smallest absolute Gasteiger partial charge is 0.336 e. The van der Waals surface area contributed by atoms with Crippen molar-refractivity contribution in [3.8, 4) is 11.5 Å². The standard InChI is InChI=1S/C15H13FO4/c1-9-6-11(17)7-13(16)14(9)20-8-10-4-2-3-5-12(10)15(18)19/h2-7,17H,8H2,1H3,(H,18,19). The Kier molecular flexibility index (Phi) is 3.89. The van der Waals surface area contributed by atoms with Gasteiger partial charge >= 0.3 is 5.97 Å². The fourth-order valence-electron chi connectivity index (χ4n) is 1.90. The highest BCUT2D eigenvalue weighted by molar-refractivity contribution is 5.89. The van der Waals surface area contributed by atoms with Crippen molar-refractivity contribution in [1.29, 1.82) is 0 Å². The molecule has 0 amide bonds. The average molecular weight is 276 g/mol. The normalized spacial score (nSPS) is 10.3. The van der Waals surface area contributed by atoms with Gasteiger partial charge in [0.25, 0.3) is 0 Å². The molecule has 0 saturated heterocycles. The topological polar surface area (TPSA) is 66.8 Å². The largest absolute Gasteiger partial charge is 0.508 e. The van der Waals surface area contributed by atoms with E-state index in [0.717, 1.165) is 6.07 Å². The van der Waals surface area contributed by atoms with Gasteiger partial charge in [-0.2, -0.15) is 0 Å². The molecule has 0 saturated carbocycles. The molecular weight excluding hydrogens is 263 g/mol.